The van der Waals surface area contributed by atoms with Gasteiger partial charge in [0.1, 0.15) is 0 Å². The third-order valence-corrected chi connectivity index (χ3v) is 12.4. The van der Waals surface area contributed by atoms with Gasteiger partial charge < -0.3 is 9.80 Å². The molecule has 0 aromatic heterocycles. The number of rotatable bonds is 8. The molecule has 10 aromatic rings. The highest BCUT2D eigenvalue weighted by Crippen LogP contribution is 2.51. The lowest BCUT2D eigenvalue weighted by Gasteiger charge is -2.28. The minimum Gasteiger partial charge on any atom is -0.310 e. The molecule has 0 unspecified atom stereocenters. The van der Waals surface area contributed by atoms with Crippen molar-refractivity contribution in [3.63, 3.8) is 0 Å². The third kappa shape index (κ3) is 5.87. The predicted molar refractivity (Wildman–Crippen MR) is 251 cm³/mol. The van der Waals surface area contributed by atoms with Crippen LogP contribution in [0.5, 0.6) is 0 Å². The fraction of sp³-hybridized carbons (Fsp3) is 0.0526. The molecule has 0 amide bonds. The van der Waals surface area contributed by atoms with Crippen molar-refractivity contribution in [3.05, 3.63) is 230 Å². The van der Waals surface area contributed by atoms with Crippen LogP contribution in [0.4, 0.5) is 34.1 Å². The van der Waals surface area contributed by atoms with Crippen LogP contribution in [0.1, 0.15) is 25.0 Å². The Balaban J connectivity index is 0.957. The maximum Gasteiger partial charge on any atom is 0.0540 e. The van der Waals surface area contributed by atoms with E-state index in [2.05, 4.69) is 242 Å². The van der Waals surface area contributed by atoms with Gasteiger partial charge >= 0.3 is 0 Å². The number of anilines is 6. The molecule has 10 aromatic carbocycles. The minimum atomic E-state index is -0.0926. The van der Waals surface area contributed by atoms with Crippen molar-refractivity contribution in [2.75, 3.05) is 9.80 Å². The number of hydrogen-bond donors (Lipinski definition) is 0. The van der Waals surface area contributed by atoms with Crippen molar-refractivity contribution in [2.45, 2.75) is 19.3 Å². The zero-order chi connectivity index (χ0) is 39.5. The third-order valence-electron chi connectivity index (χ3n) is 12.4. The number of fused-ring (bicyclic) bond motifs is 1. The number of benzene rings is 10. The smallest absolute Gasteiger partial charge is 0.0540 e. The molecule has 0 N–H and O–H groups in total. The molecule has 280 valence electrons. The number of para-hydroxylation sites is 1. The van der Waals surface area contributed by atoms with E-state index in [1.165, 1.54) is 71.4 Å². The standard InChI is InChI=1S/C57H42N2/c1-57(2)52-21-11-17-44-23-24-45-37-50(38-53(57)56(45)55(44)52)58(46-18-7-4-8-19-46)47-31-25-41(26-32-47)42-29-35-49(36-30-42)59(54-22-12-16-43-15-9-10-20-51(43)54)48-33-27-40(28-34-48)39-13-5-3-6-14-39/h3-38H,1-2H3. The molecular weight excluding hydrogens is 713 g/mol. The lowest BCUT2D eigenvalue weighted by molar-refractivity contribution is 0.663. The Labute approximate surface area is 345 Å². The molecule has 0 saturated carbocycles. The fourth-order valence-corrected chi connectivity index (χ4v) is 9.41. The highest BCUT2D eigenvalue weighted by Gasteiger charge is 2.34. The van der Waals surface area contributed by atoms with E-state index in [0.717, 1.165) is 28.4 Å². The Morgan fingerprint density at radius 1 is 0.305 bits per heavy atom. The molecule has 2 nitrogen and oxygen atoms in total. The molecule has 0 heterocycles. The van der Waals surface area contributed by atoms with Gasteiger partial charge in [-0.15, -0.1) is 0 Å². The monoisotopic (exact) mass is 754 g/mol. The van der Waals surface area contributed by atoms with Gasteiger partial charge in [0.05, 0.1) is 5.69 Å². The van der Waals surface area contributed by atoms with E-state index in [-0.39, 0.29) is 5.41 Å². The molecule has 59 heavy (non-hydrogen) atoms. The summed E-state index contributed by atoms with van der Waals surface area (Å²) in [5.74, 6) is 0. The lowest BCUT2D eigenvalue weighted by atomic mass is 9.81. The van der Waals surface area contributed by atoms with Crippen LogP contribution in [0.3, 0.4) is 0 Å². The molecule has 11 rings (SSSR count). The van der Waals surface area contributed by atoms with Crippen molar-refractivity contribution in [1.29, 1.82) is 0 Å². The van der Waals surface area contributed by atoms with Crippen LogP contribution in [0, 0.1) is 0 Å². The molecule has 0 atom stereocenters. The summed E-state index contributed by atoms with van der Waals surface area (Å²) in [6.45, 7) is 4.74. The summed E-state index contributed by atoms with van der Waals surface area (Å²) in [5, 5.41) is 7.82. The van der Waals surface area contributed by atoms with Crippen LogP contribution in [-0.4, -0.2) is 0 Å². The van der Waals surface area contributed by atoms with Gasteiger partial charge in [-0.3, -0.25) is 0 Å². The Hall–Kier alpha value is -7.42. The van der Waals surface area contributed by atoms with Gasteiger partial charge in [0.25, 0.3) is 0 Å². The van der Waals surface area contributed by atoms with Crippen LogP contribution in [0.25, 0.3) is 54.6 Å². The Kier molecular flexibility index (Phi) is 8.20. The molecule has 1 aliphatic rings. The Bertz CT molecular complexity index is 3140. The van der Waals surface area contributed by atoms with Crippen molar-refractivity contribution in [2.24, 2.45) is 0 Å². The molecule has 0 radical (unpaired) electrons. The number of nitrogens with zero attached hydrogens (tertiary/aromatic N) is 2. The van der Waals surface area contributed by atoms with Gasteiger partial charge in [-0.2, -0.15) is 0 Å². The van der Waals surface area contributed by atoms with Crippen LogP contribution in [0.2, 0.25) is 0 Å². The second-order valence-electron chi connectivity index (χ2n) is 16.2. The summed E-state index contributed by atoms with van der Waals surface area (Å²) in [5.41, 5.74) is 14.3. The average Bonchev–Trinajstić information content (AvgIpc) is 3.53. The Morgan fingerprint density at radius 2 is 0.780 bits per heavy atom. The van der Waals surface area contributed by atoms with E-state index in [0.29, 0.717) is 0 Å². The zero-order valence-corrected chi connectivity index (χ0v) is 33.2. The van der Waals surface area contributed by atoms with E-state index >= 15 is 0 Å². The van der Waals surface area contributed by atoms with E-state index in [9.17, 15) is 0 Å². The van der Waals surface area contributed by atoms with Gasteiger partial charge in [0, 0.05) is 39.2 Å². The summed E-state index contributed by atoms with van der Waals surface area (Å²) in [7, 11) is 0. The van der Waals surface area contributed by atoms with Gasteiger partial charge in [0.15, 0.2) is 0 Å². The number of hydrogen-bond acceptors (Lipinski definition) is 2. The molecule has 0 spiro atoms. The molecule has 0 fully saturated rings. The maximum atomic E-state index is 2.43. The summed E-state index contributed by atoms with van der Waals surface area (Å²) in [6.07, 6.45) is 0. The van der Waals surface area contributed by atoms with Crippen LogP contribution in [0.15, 0.2) is 218 Å². The molecule has 1 aliphatic carbocycles. The molecule has 0 saturated heterocycles. The summed E-state index contributed by atoms with van der Waals surface area (Å²) in [4.78, 5) is 4.78. The minimum absolute atomic E-state index is 0.0926. The molecular formula is C57H42N2. The normalized spacial score (nSPS) is 12.7. The quantitative estimate of drug-likeness (QED) is 0.143. The molecule has 0 aliphatic heterocycles. The average molecular weight is 755 g/mol. The second-order valence-corrected chi connectivity index (χ2v) is 16.2. The maximum absolute atomic E-state index is 2.43. The first kappa shape index (κ1) is 34.8. The topological polar surface area (TPSA) is 6.48 Å². The Morgan fingerprint density at radius 3 is 1.44 bits per heavy atom. The second kappa shape index (κ2) is 13.9. The van der Waals surface area contributed by atoms with Crippen LogP contribution in [-0.2, 0) is 5.41 Å². The first-order valence-corrected chi connectivity index (χ1v) is 20.5. The SMILES string of the molecule is CC1(C)c2cccc3ccc4cc(N(c5ccccc5)c5ccc(-c6ccc(N(c7ccc(-c8ccccc8)cc7)c7cccc8ccccc78)cc6)cc5)cc1c4c23. The van der Waals surface area contributed by atoms with E-state index in [4.69, 9.17) is 0 Å². The molecule has 0 bridgehead atoms. The largest absolute Gasteiger partial charge is 0.310 e. The lowest BCUT2D eigenvalue weighted by Crippen LogP contribution is -2.16. The van der Waals surface area contributed by atoms with Gasteiger partial charge in [-0.05, 0) is 127 Å². The van der Waals surface area contributed by atoms with Crippen molar-refractivity contribution < 1.29 is 0 Å². The van der Waals surface area contributed by atoms with Crippen molar-refractivity contribution in [1.82, 2.24) is 0 Å². The summed E-state index contributed by atoms with van der Waals surface area (Å²) >= 11 is 0. The van der Waals surface area contributed by atoms with Gasteiger partial charge in [0.2, 0.25) is 0 Å². The van der Waals surface area contributed by atoms with Crippen molar-refractivity contribution >= 4 is 66.4 Å². The highest BCUT2D eigenvalue weighted by molar-refractivity contribution is 6.16. The highest BCUT2D eigenvalue weighted by atomic mass is 15.1. The predicted octanol–water partition coefficient (Wildman–Crippen LogP) is 16.1. The van der Waals surface area contributed by atoms with E-state index < -0.39 is 0 Å². The van der Waals surface area contributed by atoms with Crippen molar-refractivity contribution in [3.8, 4) is 22.3 Å². The van der Waals surface area contributed by atoms with Crippen LogP contribution < -0.4 is 9.80 Å². The van der Waals surface area contributed by atoms with Gasteiger partial charge in [-0.25, -0.2) is 0 Å². The zero-order valence-electron chi connectivity index (χ0n) is 33.2. The van der Waals surface area contributed by atoms with E-state index in [1.807, 2.05) is 0 Å². The van der Waals surface area contributed by atoms with Crippen LogP contribution >= 0.6 is 0 Å². The van der Waals surface area contributed by atoms with Gasteiger partial charge in [-0.1, -0.05) is 166 Å². The summed E-state index contributed by atoms with van der Waals surface area (Å²) in [6, 6.07) is 79.6. The first-order valence-electron chi connectivity index (χ1n) is 20.5. The fourth-order valence-electron chi connectivity index (χ4n) is 9.41. The molecule has 2 heteroatoms. The summed E-state index contributed by atoms with van der Waals surface area (Å²) < 4.78 is 0. The first-order chi connectivity index (χ1) is 29.0. The van der Waals surface area contributed by atoms with E-state index in [1.54, 1.807) is 0 Å².